The van der Waals surface area contributed by atoms with Crippen LogP contribution in [0.5, 0.6) is 0 Å². The SMILES string of the molecule is C=CC1O[C@H]2C[C@H]3OC[C@@]3(OC(C)=O)[C@H]3[C@H](C)[C@]4(C(C)(C)O)C[C@H](O)C(C)=C4[C@H](C)[C@H](O1)[C@]23C. The Morgan fingerprint density at radius 3 is 2.47 bits per heavy atom. The summed E-state index contributed by atoms with van der Waals surface area (Å²) in [6, 6.07) is 0. The highest BCUT2D eigenvalue weighted by atomic mass is 16.7. The van der Waals surface area contributed by atoms with Crippen LogP contribution in [0.2, 0.25) is 0 Å². The van der Waals surface area contributed by atoms with Crippen molar-refractivity contribution in [3.8, 4) is 0 Å². The van der Waals surface area contributed by atoms with E-state index in [2.05, 4.69) is 27.4 Å². The van der Waals surface area contributed by atoms with Crippen LogP contribution in [0, 0.1) is 28.6 Å². The third-order valence-corrected chi connectivity index (χ3v) is 10.3. The molecule has 2 N–H and O–H groups in total. The van der Waals surface area contributed by atoms with Crippen molar-refractivity contribution in [3.63, 3.8) is 0 Å². The van der Waals surface area contributed by atoms with E-state index in [9.17, 15) is 15.0 Å². The van der Waals surface area contributed by atoms with Gasteiger partial charge in [-0.1, -0.05) is 32.9 Å². The van der Waals surface area contributed by atoms with E-state index in [0.29, 0.717) is 19.4 Å². The van der Waals surface area contributed by atoms with Gasteiger partial charge in [0, 0.05) is 36.0 Å². The lowest BCUT2D eigenvalue weighted by Crippen LogP contribution is -2.78. The summed E-state index contributed by atoms with van der Waals surface area (Å²) in [5.74, 6) is -0.815. The predicted molar refractivity (Wildman–Crippen MR) is 125 cm³/mol. The first-order valence-corrected chi connectivity index (χ1v) is 12.6. The molecular weight excluding hydrogens is 436 g/mol. The lowest BCUT2D eigenvalue weighted by atomic mass is 9.47. The molecule has 5 aliphatic rings. The molecule has 0 aromatic carbocycles. The normalized spacial score (nSPS) is 52.0. The molecule has 7 heteroatoms. The van der Waals surface area contributed by atoms with Crippen molar-refractivity contribution in [3.05, 3.63) is 23.8 Å². The van der Waals surface area contributed by atoms with Gasteiger partial charge in [-0.3, -0.25) is 4.79 Å². The number of hydrogen-bond donors (Lipinski definition) is 2. The number of aliphatic hydroxyl groups excluding tert-OH is 1. The molecule has 0 aromatic heterocycles. The van der Waals surface area contributed by atoms with Gasteiger partial charge in [0.25, 0.3) is 0 Å². The quantitative estimate of drug-likeness (QED) is 0.477. The maximum Gasteiger partial charge on any atom is 0.303 e. The summed E-state index contributed by atoms with van der Waals surface area (Å²) in [5.41, 5.74) is -1.25. The fourth-order valence-corrected chi connectivity index (χ4v) is 9.17. The molecule has 0 aromatic rings. The smallest absolute Gasteiger partial charge is 0.303 e. The average molecular weight is 477 g/mol. The highest BCUT2D eigenvalue weighted by Crippen LogP contribution is 2.71. The second-order valence-corrected chi connectivity index (χ2v) is 12.1. The van der Waals surface area contributed by atoms with Gasteiger partial charge in [0.05, 0.1) is 30.5 Å². The maximum atomic E-state index is 12.4. The zero-order valence-corrected chi connectivity index (χ0v) is 21.5. The second-order valence-electron chi connectivity index (χ2n) is 12.1. The van der Waals surface area contributed by atoms with Crippen molar-refractivity contribution < 1.29 is 34.0 Å². The van der Waals surface area contributed by atoms with Gasteiger partial charge in [0.1, 0.15) is 6.10 Å². The maximum absolute atomic E-state index is 12.4. The van der Waals surface area contributed by atoms with Crippen molar-refractivity contribution in [2.45, 2.75) is 103 Å². The molecule has 3 aliphatic carbocycles. The lowest BCUT2D eigenvalue weighted by Gasteiger charge is -2.68. The van der Waals surface area contributed by atoms with Gasteiger partial charge in [-0.2, -0.15) is 0 Å². The molecule has 5 rings (SSSR count). The number of fused-ring (bicyclic) bond motifs is 3. The van der Waals surface area contributed by atoms with Gasteiger partial charge < -0.3 is 29.2 Å². The molecule has 0 spiro atoms. The zero-order valence-electron chi connectivity index (χ0n) is 21.5. The van der Waals surface area contributed by atoms with Crippen molar-refractivity contribution in [2.75, 3.05) is 6.61 Å². The van der Waals surface area contributed by atoms with Crippen molar-refractivity contribution >= 4 is 5.97 Å². The topological polar surface area (TPSA) is 94.5 Å². The van der Waals surface area contributed by atoms with Crippen molar-refractivity contribution in [2.24, 2.45) is 28.6 Å². The molecule has 11 atom stereocenters. The molecule has 2 saturated heterocycles. The van der Waals surface area contributed by atoms with E-state index in [1.807, 2.05) is 20.8 Å². The average Bonchev–Trinajstić information content (AvgIpc) is 2.98. The lowest BCUT2D eigenvalue weighted by molar-refractivity contribution is -0.387. The summed E-state index contributed by atoms with van der Waals surface area (Å²) in [4.78, 5) is 12.4. The van der Waals surface area contributed by atoms with Gasteiger partial charge in [-0.05, 0) is 44.8 Å². The molecule has 4 fully saturated rings. The van der Waals surface area contributed by atoms with E-state index in [-0.39, 0.29) is 42.0 Å². The number of ether oxygens (including phenoxy) is 4. The highest BCUT2D eigenvalue weighted by Gasteiger charge is 2.77. The number of aliphatic hydroxyl groups is 2. The Morgan fingerprint density at radius 1 is 1.26 bits per heavy atom. The van der Waals surface area contributed by atoms with E-state index in [1.165, 1.54) is 6.92 Å². The van der Waals surface area contributed by atoms with Crippen LogP contribution >= 0.6 is 0 Å². The Morgan fingerprint density at radius 2 is 1.94 bits per heavy atom. The van der Waals surface area contributed by atoms with Gasteiger partial charge in [0.2, 0.25) is 0 Å². The first-order chi connectivity index (χ1) is 15.8. The molecule has 1 unspecified atom stereocenters. The number of carbonyl (C=O) groups excluding carboxylic acids is 1. The molecule has 0 radical (unpaired) electrons. The second kappa shape index (κ2) is 7.39. The first-order valence-electron chi connectivity index (χ1n) is 12.6. The van der Waals surface area contributed by atoms with Crippen LogP contribution in [-0.2, 0) is 23.7 Å². The molecule has 2 heterocycles. The van der Waals surface area contributed by atoms with Crippen LogP contribution in [0.3, 0.4) is 0 Å². The molecule has 2 aliphatic heterocycles. The molecule has 7 nitrogen and oxygen atoms in total. The van der Waals surface area contributed by atoms with Gasteiger partial charge in [0.15, 0.2) is 11.9 Å². The minimum Gasteiger partial charge on any atom is -0.454 e. The Labute approximate surface area is 202 Å². The molecule has 34 heavy (non-hydrogen) atoms. The van der Waals surface area contributed by atoms with E-state index < -0.39 is 34.4 Å². The van der Waals surface area contributed by atoms with Crippen LogP contribution in [0.1, 0.15) is 61.3 Å². The summed E-state index contributed by atoms with van der Waals surface area (Å²) < 4.78 is 25.3. The Balaban J connectivity index is 1.81. The summed E-state index contributed by atoms with van der Waals surface area (Å²) in [6.07, 6.45) is 0.711. The number of esters is 1. The molecule has 190 valence electrons. The number of rotatable bonds is 3. The van der Waals surface area contributed by atoms with E-state index in [0.717, 1.165) is 11.1 Å². The largest absolute Gasteiger partial charge is 0.454 e. The summed E-state index contributed by atoms with van der Waals surface area (Å²) in [6.45, 7) is 17.8. The zero-order chi connectivity index (χ0) is 25.0. The third-order valence-electron chi connectivity index (χ3n) is 10.3. The fourth-order valence-electron chi connectivity index (χ4n) is 9.17. The Bertz CT molecular complexity index is 936. The predicted octanol–water partition coefficient (Wildman–Crippen LogP) is 3.13. The molecule has 2 saturated carbocycles. The van der Waals surface area contributed by atoms with Gasteiger partial charge in [-0.15, -0.1) is 0 Å². The minimum absolute atomic E-state index is 0.0956. The molecule has 0 bridgehead atoms. The monoisotopic (exact) mass is 476 g/mol. The van der Waals surface area contributed by atoms with Crippen LogP contribution < -0.4 is 0 Å². The summed E-state index contributed by atoms with van der Waals surface area (Å²) >= 11 is 0. The van der Waals surface area contributed by atoms with Crippen LogP contribution in [0.4, 0.5) is 0 Å². The van der Waals surface area contributed by atoms with Gasteiger partial charge >= 0.3 is 5.97 Å². The summed E-state index contributed by atoms with van der Waals surface area (Å²) in [7, 11) is 0. The molecule has 0 amide bonds. The van der Waals surface area contributed by atoms with E-state index in [1.54, 1.807) is 6.08 Å². The van der Waals surface area contributed by atoms with Crippen LogP contribution in [-0.4, -0.2) is 64.7 Å². The Hall–Kier alpha value is -1.25. The van der Waals surface area contributed by atoms with E-state index >= 15 is 0 Å². The van der Waals surface area contributed by atoms with E-state index in [4.69, 9.17) is 18.9 Å². The molecular formula is C27H40O7. The number of carbonyl (C=O) groups is 1. The minimum atomic E-state index is -1.14. The number of hydrogen-bond acceptors (Lipinski definition) is 7. The van der Waals surface area contributed by atoms with Crippen LogP contribution in [0.15, 0.2) is 23.8 Å². The highest BCUT2D eigenvalue weighted by molar-refractivity contribution is 5.67. The first kappa shape index (κ1) is 24.4. The van der Waals surface area contributed by atoms with Gasteiger partial charge in [-0.25, -0.2) is 0 Å². The third kappa shape index (κ3) is 2.74. The van der Waals surface area contributed by atoms with Crippen LogP contribution in [0.25, 0.3) is 0 Å². The van der Waals surface area contributed by atoms with Crippen molar-refractivity contribution in [1.82, 2.24) is 0 Å². The summed E-state index contributed by atoms with van der Waals surface area (Å²) in [5, 5.41) is 23.0. The van der Waals surface area contributed by atoms with Crippen molar-refractivity contribution in [1.29, 1.82) is 0 Å². The Kier molecular flexibility index (Phi) is 5.31. The standard InChI is InChI=1S/C27H40O7/c1-9-20-32-18-10-19-27(12-31-19,34-16(5)28)22-15(4)26(24(6,7)30)11-17(29)13(2)21(26)14(3)23(33-20)25(18,22)8/h9,14-15,17-20,22-23,29-30H,1,10-12H2,2-8H3/t14-,15-,17-,18-,19+,20?,22-,23-,25+,26+,27-/m0/s1. The fraction of sp³-hybridized carbons (Fsp3) is 0.815.